The third kappa shape index (κ3) is 9.97. The van der Waals surface area contributed by atoms with Gasteiger partial charge >= 0.3 is 0 Å². The highest BCUT2D eigenvalue weighted by atomic mass is 16.5. The first-order valence-electron chi connectivity index (χ1n) is 38.2. The molecular formula is C105H68N4O2. The van der Waals surface area contributed by atoms with Gasteiger partial charge in [0, 0.05) is 56.5 Å². The van der Waals surface area contributed by atoms with E-state index in [4.69, 9.17) is 29.4 Å². The smallest absolute Gasteiger partial charge is 0.161 e. The van der Waals surface area contributed by atoms with E-state index in [1.165, 1.54) is 61.0 Å². The molecule has 17 aromatic rings. The zero-order valence-electron chi connectivity index (χ0n) is 60.7. The van der Waals surface area contributed by atoms with E-state index in [-0.39, 0.29) is 0 Å². The third-order valence-electron chi connectivity index (χ3n) is 23.8. The molecule has 2 aliphatic heterocycles. The van der Waals surface area contributed by atoms with Gasteiger partial charge in [0.2, 0.25) is 0 Å². The molecule has 2 aromatic heterocycles. The number of para-hydroxylation sites is 1. The van der Waals surface area contributed by atoms with Crippen molar-refractivity contribution in [1.82, 2.24) is 19.9 Å². The van der Waals surface area contributed by atoms with Gasteiger partial charge in [0.25, 0.3) is 0 Å². The Balaban J connectivity index is 0.618. The molecule has 0 amide bonds. The SMILES string of the molecule is CC12CC=CC=C1C1(c3cc(-c4ccccc4-c4nc(-c5ccccc5)cc(-c5ccc6ccccc6c5)n4)ccc3O2)c2ccccc2-c2c(-c3ccc(-c4ccc(-c5cc(-c6ccccc6)nc(-c6ccccc6-c6ccc7c(c6)C6(c8ccccc8O7)c7ccccc7-c7ccccc76)n5)cc4)cc3)cccc21. The number of aromatic nitrogens is 4. The van der Waals surface area contributed by atoms with Crippen molar-refractivity contribution in [3.05, 3.63) is 427 Å². The third-order valence-corrected chi connectivity index (χ3v) is 23.8. The number of fused-ring (bicyclic) bond motifs is 19. The van der Waals surface area contributed by atoms with Gasteiger partial charge < -0.3 is 9.47 Å². The second-order valence-corrected chi connectivity index (χ2v) is 29.9. The Kier molecular flexibility index (Phi) is 14.5. The highest BCUT2D eigenvalue weighted by molar-refractivity contribution is 5.98. The summed E-state index contributed by atoms with van der Waals surface area (Å²) in [5, 5.41) is 2.35. The lowest BCUT2D eigenvalue weighted by atomic mass is 9.59. The van der Waals surface area contributed by atoms with Crippen LogP contribution >= 0.6 is 0 Å². The lowest BCUT2D eigenvalue weighted by Gasteiger charge is -2.50. The Hall–Kier alpha value is -14.2. The van der Waals surface area contributed by atoms with Gasteiger partial charge in [-0.05, 0) is 161 Å². The topological polar surface area (TPSA) is 70.0 Å². The molecule has 6 heteroatoms. The lowest BCUT2D eigenvalue weighted by Crippen LogP contribution is -2.50. The van der Waals surface area contributed by atoms with E-state index in [0.717, 1.165) is 141 Å². The quantitative estimate of drug-likeness (QED) is 0.136. The van der Waals surface area contributed by atoms with Crippen molar-refractivity contribution in [2.24, 2.45) is 0 Å². The van der Waals surface area contributed by atoms with Crippen molar-refractivity contribution in [2.75, 3.05) is 0 Å². The summed E-state index contributed by atoms with van der Waals surface area (Å²) in [6.45, 7) is 2.28. The van der Waals surface area contributed by atoms with Crippen LogP contribution < -0.4 is 9.47 Å². The Bertz CT molecular complexity index is 6710. The Morgan fingerprint density at radius 3 is 1.28 bits per heavy atom. The van der Waals surface area contributed by atoms with Gasteiger partial charge in [-0.2, -0.15) is 0 Å². The summed E-state index contributed by atoms with van der Waals surface area (Å²) < 4.78 is 14.2. The maximum Gasteiger partial charge on any atom is 0.161 e. The van der Waals surface area contributed by atoms with Crippen LogP contribution in [0.4, 0.5) is 0 Å². The largest absolute Gasteiger partial charge is 0.482 e. The molecule has 6 nitrogen and oxygen atoms in total. The van der Waals surface area contributed by atoms with Crippen molar-refractivity contribution in [3.63, 3.8) is 0 Å². The van der Waals surface area contributed by atoms with E-state index in [1.807, 2.05) is 6.07 Å². The molecule has 15 aromatic carbocycles. The minimum Gasteiger partial charge on any atom is -0.482 e. The Labute approximate surface area is 644 Å². The number of rotatable bonds is 10. The summed E-state index contributed by atoms with van der Waals surface area (Å²) in [5.41, 5.74) is 30.6. The second-order valence-electron chi connectivity index (χ2n) is 29.9. The molecule has 2 atom stereocenters. The van der Waals surface area contributed by atoms with Gasteiger partial charge in [0.15, 0.2) is 11.6 Å². The van der Waals surface area contributed by atoms with E-state index in [9.17, 15) is 0 Å². The van der Waals surface area contributed by atoms with Crippen LogP contribution in [0.5, 0.6) is 17.2 Å². The summed E-state index contributed by atoms with van der Waals surface area (Å²) in [5.74, 6) is 3.89. The average molecular weight is 1420 g/mol. The first-order chi connectivity index (χ1) is 54.8. The van der Waals surface area contributed by atoms with Crippen LogP contribution in [-0.2, 0) is 10.8 Å². The number of hydrogen-bond acceptors (Lipinski definition) is 6. The van der Waals surface area contributed by atoms with Crippen molar-refractivity contribution >= 4 is 10.8 Å². The fourth-order valence-electron chi connectivity index (χ4n) is 18.8. The number of allylic oxidation sites excluding steroid dienone is 2. The van der Waals surface area contributed by atoms with Crippen LogP contribution in [0.1, 0.15) is 52.3 Å². The number of ether oxygens (including phenoxy) is 2. The van der Waals surface area contributed by atoms with E-state index in [0.29, 0.717) is 11.6 Å². The molecule has 0 saturated heterocycles. The summed E-state index contributed by atoms with van der Waals surface area (Å²) >= 11 is 0. The maximum atomic E-state index is 7.37. The van der Waals surface area contributed by atoms with Crippen molar-refractivity contribution in [3.8, 4) is 152 Å². The van der Waals surface area contributed by atoms with Gasteiger partial charge in [-0.1, -0.05) is 334 Å². The number of benzene rings is 15. The molecule has 0 radical (unpaired) electrons. The van der Waals surface area contributed by atoms with Crippen molar-refractivity contribution in [2.45, 2.75) is 29.8 Å². The van der Waals surface area contributed by atoms with Crippen LogP contribution in [0.25, 0.3) is 145 Å². The van der Waals surface area contributed by atoms with Crippen molar-refractivity contribution < 1.29 is 9.47 Å². The summed E-state index contributed by atoms with van der Waals surface area (Å²) in [7, 11) is 0. The predicted molar refractivity (Wildman–Crippen MR) is 449 cm³/mol. The fourth-order valence-corrected chi connectivity index (χ4v) is 18.8. The fraction of sp³-hybridized carbons (Fsp3) is 0.0476. The molecule has 0 N–H and O–H groups in total. The first-order valence-corrected chi connectivity index (χ1v) is 38.2. The first kappa shape index (κ1) is 64.0. The van der Waals surface area contributed by atoms with Crippen molar-refractivity contribution in [1.29, 1.82) is 0 Å². The highest BCUT2D eigenvalue weighted by Crippen LogP contribution is 2.66. The molecule has 111 heavy (non-hydrogen) atoms. The Morgan fingerprint density at radius 1 is 0.261 bits per heavy atom. The lowest BCUT2D eigenvalue weighted by molar-refractivity contribution is 0.102. The minimum atomic E-state index is -0.712. The molecule has 0 saturated carbocycles. The van der Waals surface area contributed by atoms with Gasteiger partial charge in [-0.25, -0.2) is 19.9 Å². The Morgan fingerprint density at radius 2 is 0.676 bits per heavy atom. The maximum absolute atomic E-state index is 7.37. The molecule has 520 valence electrons. The van der Waals surface area contributed by atoms with Gasteiger partial charge in [0.05, 0.1) is 33.6 Å². The average Bonchev–Trinajstić information content (AvgIpc) is 1.56. The van der Waals surface area contributed by atoms with Crippen LogP contribution in [0, 0.1) is 0 Å². The molecule has 5 aliphatic rings. The predicted octanol–water partition coefficient (Wildman–Crippen LogP) is 25.9. The zero-order valence-corrected chi connectivity index (χ0v) is 60.7. The number of nitrogens with zero attached hydrogens (tertiary/aromatic N) is 4. The minimum absolute atomic E-state index is 0.606. The van der Waals surface area contributed by atoms with Gasteiger partial charge in [-0.3, -0.25) is 0 Å². The molecule has 2 spiro atoms. The van der Waals surface area contributed by atoms with Crippen LogP contribution in [0.2, 0.25) is 0 Å². The van der Waals surface area contributed by atoms with E-state index >= 15 is 0 Å². The van der Waals surface area contributed by atoms with E-state index < -0.39 is 16.4 Å². The molecule has 2 unspecified atom stereocenters. The monoisotopic (exact) mass is 1420 g/mol. The second kappa shape index (κ2) is 25.2. The molecule has 3 aliphatic carbocycles. The van der Waals surface area contributed by atoms with Crippen LogP contribution in [0.15, 0.2) is 388 Å². The standard InChI is InChI=1S/C105H68N4O2/c1-103-60-23-22-45-99(103)105(91-63-75(57-59-98(91)111-103)78-32-11-13-36-83(78)102-107-93(71-28-6-3-7-29-71)65-95(109-102)76-55-50-66-25-8-9-30-73(66)61-76)87-41-19-16-37-84(87)100-79(38-24-43-89(100)105)69-51-46-67(47-52-69)68-48-53-72(54-49-68)94-64-92(70-26-4-2-5-27-70)106-101(108-94)82-35-12-10-31-77(82)74-56-58-97-90(62-74)104(88-42-20-21-44-96(88)110-97)85-39-17-14-33-80(85)81-34-15-18-40-86(81)104/h2-59,61-65H,60H2,1H3. The van der Waals surface area contributed by atoms with Crippen LogP contribution in [-0.4, -0.2) is 25.5 Å². The number of hydrogen-bond donors (Lipinski definition) is 0. The van der Waals surface area contributed by atoms with E-state index in [2.05, 4.69) is 383 Å². The zero-order chi connectivity index (χ0) is 73.4. The molecular weight excluding hydrogens is 1350 g/mol. The van der Waals surface area contributed by atoms with Gasteiger partial charge in [0.1, 0.15) is 22.8 Å². The summed E-state index contributed by atoms with van der Waals surface area (Å²) in [6, 6.07) is 131. The molecule has 4 heterocycles. The summed E-state index contributed by atoms with van der Waals surface area (Å²) in [6.07, 6.45) is 7.55. The molecule has 0 bridgehead atoms. The highest BCUT2D eigenvalue weighted by Gasteiger charge is 2.58. The summed E-state index contributed by atoms with van der Waals surface area (Å²) in [4.78, 5) is 21.8. The van der Waals surface area contributed by atoms with E-state index in [1.54, 1.807) is 0 Å². The van der Waals surface area contributed by atoms with Crippen LogP contribution in [0.3, 0.4) is 0 Å². The normalized spacial score (nSPS) is 16.1. The molecule has 22 rings (SSSR count). The van der Waals surface area contributed by atoms with Gasteiger partial charge in [-0.15, -0.1) is 0 Å². The molecule has 0 fully saturated rings.